The number of nitrogens with zero attached hydrogens (tertiary/aromatic N) is 1. The number of thiocarbonyl (C=S) groups is 1. The number of halogens is 3. The number of benzene rings is 1. The summed E-state index contributed by atoms with van der Waals surface area (Å²) in [6.07, 6.45) is 1.58. The van der Waals surface area contributed by atoms with Crippen LogP contribution >= 0.6 is 51.3 Å². The molecule has 0 saturated carbocycles. The van der Waals surface area contributed by atoms with Crippen molar-refractivity contribution in [3.8, 4) is 0 Å². The Hall–Kier alpha value is -0.880. The molecule has 0 amide bonds. The maximum Gasteiger partial charge on any atom is 0.172 e. The molecule has 0 aliphatic carbocycles. The van der Waals surface area contributed by atoms with E-state index >= 15 is 0 Å². The molecule has 0 aliphatic heterocycles. The predicted molar refractivity (Wildman–Crippen MR) is 96.2 cm³/mol. The van der Waals surface area contributed by atoms with Crippen LogP contribution in [0.3, 0.4) is 0 Å². The molecule has 0 saturated heterocycles. The minimum absolute atomic E-state index is 0.463. The molecular formula is C14H12BrCl2N3S. The van der Waals surface area contributed by atoms with E-state index in [1.54, 1.807) is 6.20 Å². The van der Waals surface area contributed by atoms with Gasteiger partial charge in [-0.05, 0) is 52.3 Å². The first-order chi connectivity index (χ1) is 9.99. The second-order valence-electron chi connectivity index (χ2n) is 4.29. The summed E-state index contributed by atoms with van der Waals surface area (Å²) >= 11 is 20.8. The van der Waals surface area contributed by atoms with E-state index in [9.17, 15) is 0 Å². The number of hydrogen-bond donors (Lipinski definition) is 2. The summed E-state index contributed by atoms with van der Waals surface area (Å²) in [5.74, 6) is 0.619. The smallest absolute Gasteiger partial charge is 0.172 e. The second-order valence-corrected chi connectivity index (χ2v) is 6.31. The molecule has 1 heterocycles. The van der Waals surface area contributed by atoms with Crippen LogP contribution in [-0.2, 0) is 6.54 Å². The van der Waals surface area contributed by atoms with Crippen LogP contribution < -0.4 is 10.6 Å². The average Bonchev–Trinajstić information content (AvgIpc) is 2.47. The van der Waals surface area contributed by atoms with E-state index in [1.807, 2.05) is 31.2 Å². The van der Waals surface area contributed by atoms with E-state index in [1.165, 1.54) is 0 Å². The van der Waals surface area contributed by atoms with E-state index in [0.29, 0.717) is 27.5 Å². The molecule has 0 radical (unpaired) electrons. The quantitative estimate of drug-likeness (QED) is 0.710. The van der Waals surface area contributed by atoms with Gasteiger partial charge in [0.15, 0.2) is 5.11 Å². The zero-order valence-corrected chi connectivity index (χ0v) is 15.0. The van der Waals surface area contributed by atoms with Crippen LogP contribution in [0, 0.1) is 6.92 Å². The molecule has 7 heteroatoms. The third-order valence-electron chi connectivity index (χ3n) is 2.83. The van der Waals surface area contributed by atoms with Gasteiger partial charge in [0.05, 0.1) is 9.50 Å². The molecule has 2 N–H and O–H groups in total. The van der Waals surface area contributed by atoms with Crippen molar-refractivity contribution >= 4 is 62.3 Å². The molecule has 21 heavy (non-hydrogen) atoms. The zero-order valence-electron chi connectivity index (χ0n) is 11.1. The van der Waals surface area contributed by atoms with Gasteiger partial charge in [0.2, 0.25) is 0 Å². The third-order valence-corrected chi connectivity index (χ3v) is 4.80. The fourth-order valence-electron chi connectivity index (χ4n) is 1.61. The molecular weight excluding hydrogens is 393 g/mol. The van der Waals surface area contributed by atoms with Crippen LogP contribution in [0.2, 0.25) is 10.0 Å². The van der Waals surface area contributed by atoms with E-state index in [2.05, 4.69) is 31.5 Å². The molecule has 0 atom stereocenters. The lowest BCUT2D eigenvalue weighted by Crippen LogP contribution is -2.28. The number of nitrogens with one attached hydrogen (secondary N) is 2. The van der Waals surface area contributed by atoms with Crippen LogP contribution in [0.1, 0.15) is 11.1 Å². The first kappa shape index (κ1) is 16.5. The largest absolute Gasteiger partial charge is 0.358 e. The minimum Gasteiger partial charge on any atom is -0.358 e. The Balaban J connectivity index is 2.00. The highest BCUT2D eigenvalue weighted by atomic mass is 79.9. The van der Waals surface area contributed by atoms with Gasteiger partial charge in [-0.3, -0.25) is 0 Å². The molecule has 0 aliphatic rings. The number of aromatic nitrogens is 1. The van der Waals surface area contributed by atoms with Crippen molar-refractivity contribution in [2.75, 3.05) is 5.32 Å². The molecule has 0 fully saturated rings. The van der Waals surface area contributed by atoms with Crippen molar-refractivity contribution < 1.29 is 0 Å². The van der Waals surface area contributed by atoms with Crippen molar-refractivity contribution in [3.63, 3.8) is 0 Å². The van der Waals surface area contributed by atoms with Crippen LogP contribution in [0.25, 0.3) is 0 Å². The molecule has 2 rings (SSSR count). The monoisotopic (exact) mass is 403 g/mol. The van der Waals surface area contributed by atoms with Crippen LogP contribution in [0.5, 0.6) is 0 Å². The summed E-state index contributed by atoms with van der Waals surface area (Å²) in [5.41, 5.74) is 1.88. The van der Waals surface area contributed by atoms with Gasteiger partial charge < -0.3 is 10.6 Å². The lowest BCUT2D eigenvalue weighted by atomic mass is 10.2. The summed E-state index contributed by atoms with van der Waals surface area (Å²) in [4.78, 5) is 4.21. The maximum absolute atomic E-state index is 6.09. The fraction of sp³-hybridized carbons (Fsp3) is 0.143. The van der Waals surface area contributed by atoms with E-state index in [4.69, 9.17) is 35.4 Å². The molecule has 0 unspecified atom stereocenters. The molecule has 0 spiro atoms. The number of anilines is 1. The Kier molecular flexibility index (Phi) is 5.81. The Morgan fingerprint density at radius 2 is 2.00 bits per heavy atom. The van der Waals surface area contributed by atoms with E-state index in [0.717, 1.165) is 15.6 Å². The minimum atomic E-state index is 0.463. The highest BCUT2D eigenvalue weighted by Gasteiger charge is 2.09. The predicted octanol–water partition coefficient (Wildman–Crippen LogP) is 4.95. The fourth-order valence-corrected chi connectivity index (χ4v) is 2.66. The molecule has 1 aromatic heterocycles. The van der Waals surface area contributed by atoms with Gasteiger partial charge in [0, 0.05) is 17.8 Å². The van der Waals surface area contributed by atoms with Crippen molar-refractivity contribution in [2.45, 2.75) is 13.5 Å². The molecule has 3 nitrogen and oxygen atoms in total. The van der Waals surface area contributed by atoms with E-state index < -0.39 is 0 Å². The Labute approximate surface area is 147 Å². The Bertz CT molecular complexity index is 679. The molecule has 0 bridgehead atoms. The standard InChI is InChI=1S/C14H12BrCl2N3S/c1-8-11(17)7-18-13(12(8)15)20-14(21)19-6-9-4-2-3-5-10(9)16/h2-5,7H,6H2,1H3,(H2,18,19,20,21). The first-order valence-electron chi connectivity index (χ1n) is 6.08. The SMILES string of the molecule is Cc1c(Cl)cnc(NC(=S)NCc2ccccc2Cl)c1Br. The zero-order chi connectivity index (χ0) is 15.4. The molecule has 110 valence electrons. The van der Waals surface area contributed by atoms with Crippen molar-refractivity contribution in [2.24, 2.45) is 0 Å². The van der Waals surface area contributed by atoms with E-state index in [-0.39, 0.29) is 0 Å². The Morgan fingerprint density at radius 3 is 2.71 bits per heavy atom. The maximum atomic E-state index is 6.09. The number of rotatable bonds is 3. The second kappa shape index (κ2) is 7.40. The van der Waals surface area contributed by atoms with Gasteiger partial charge >= 0.3 is 0 Å². The normalized spacial score (nSPS) is 10.3. The summed E-state index contributed by atoms with van der Waals surface area (Å²) in [6.45, 7) is 2.44. The topological polar surface area (TPSA) is 37.0 Å². The molecule has 1 aromatic carbocycles. The average molecular weight is 405 g/mol. The van der Waals surface area contributed by atoms with Gasteiger partial charge in [-0.1, -0.05) is 41.4 Å². The molecule has 2 aromatic rings. The van der Waals surface area contributed by atoms with Gasteiger partial charge in [-0.25, -0.2) is 4.98 Å². The van der Waals surface area contributed by atoms with Crippen molar-refractivity contribution in [3.05, 3.63) is 56.1 Å². The highest BCUT2D eigenvalue weighted by Crippen LogP contribution is 2.28. The summed E-state index contributed by atoms with van der Waals surface area (Å²) in [5, 5.41) is 7.89. The third kappa shape index (κ3) is 4.30. The van der Waals surface area contributed by atoms with Gasteiger partial charge in [-0.15, -0.1) is 0 Å². The van der Waals surface area contributed by atoms with Gasteiger partial charge in [0.25, 0.3) is 0 Å². The Morgan fingerprint density at radius 1 is 1.29 bits per heavy atom. The lowest BCUT2D eigenvalue weighted by molar-refractivity contribution is 0.925. The van der Waals surface area contributed by atoms with Crippen LogP contribution in [0.4, 0.5) is 5.82 Å². The highest BCUT2D eigenvalue weighted by molar-refractivity contribution is 9.10. The summed E-state index contributed by atoms with van der Waals surface area (Å²) in [7, 11) is 0. The summed E-state index contributed by atoms with van der Waals surface area (Å²) in [6, 6.07) is 7.61. The van der Waals surface area contributed by atoms with Crippen molar-refractivity contribution in [1.82, 2.24) is 10.3 Å². The van der Waals surface area contributed by atoms with Crippen LogP contribution in [0.15, 0.2) is 34.9 Å². The number of pyridine rings is 1. The van der Waals surface area contributed by atoms with Gasteiger partial charge in [0.1, 0.15) is 5.82 Å². The van der Waals surface area contributed by atoms with Gasteiger partial charge in [-0.2, -0.15) is 0 Å². The van der Waals surface area contributed by atoms with Crippen molar-refractivity contribution in [1.29, 1.82) is 0 Å². The van der Waals surface area contributed by atoms with Crippen LogP contribution in [-0.4, -0.2) is 10.1 Å². The lowest BCUT2D eigenvalue weighted by Gasteiger charge is -2.13. The number of hydrogen-bond acceptors (Lipinski definition) is 2. The first-order valence-corrected chi connectivity index (χ1v) is 8.03. The summed E-state index contributed by atoms with van der Waals surface area (Å²) < 4.78 is 0.789.